The van der Waals surface area contributed by atoms with Gasteiger partial charge >= 0.3 is 6.36 Å². The maximum Gasteiger partial charge on any atom is 0.573 e. The summed E-state index contributed by atoms with van der Waals surface area (Å²) in [6, 6.07) is 5.68. The average molecular weight is 412 g/mol. The van der Waals surface area contributed by atoms with Crippen LogP contribution in [0, 0.1) is 6.92 Å². The summed E-state index contributed by atoms with van der Waals surface area (Å²) in [6.45, 7) is 3.83. The highest BCUT2D eigenvalue weighted by molar-refractivity contribution is 7.22. The number of rotatable bonds is 3. The second-order valence-corrected chi connectivity index (χ2v) is 7.28. The number of aryl methyl sites for hydroxylation is 1. The molecule has 1 saturated heterocycles. The largest absolute Gasteiger partial charge is 0.573 e. The fourth-order valence-corrected chi connectivity index (χ4v) is 4.00. The second-order valence-electron chi connectivity index (χ2n) is 6.28. The average Bonchev–Trinajstić information content (AvgIpc) is 3.26. The first-order valence-electron chi connectivity index (χ1n) is 8.42. The molecule has 1 aliphatic heterocycles. The van der Waals surface area contributed by atoms with Gasteiger partial charge in [-0.25, -0.2) is 4.98 Å². The minimum Gasteiger partial charge on any atom is -0.406 e. The number of carbonyl (C=O) groups is 1. The van der Waals surface area contributed by atoms with E-state index in [1.165, 1.54) is 29.5 Å². The highest BCUT2D eigenvalue weighted by atomic mass is 32.1. The van der Waals surface area contributed by atoms with Gasteiger partial charge in [0.2, 0.25) is 0 Å². The Balaban J connectivity index is 1.44. The SMILES string of the molecule is Cc1cc(C(=O)N2CCN(c3nc4ccc(OC(F)(F)F)cc4s3)CC2)no1. The Morgan fingerprint density at radius 1 is 1.21 bits per heavy atom. The topological polar surface area (TPSA) is 71.7 Å². The Bertz CT molecular complexity index is 1010. The van der Waals surface area contributed by atoms with Gasteiger partial charge in [0.1, 0.15) is 11.5 Å². The Hall–Kier alpha value is -2.82. The van der Waals surface area contributed by atoms with Crippen LogP contribution in [-0.4, -0.2) is 53.5 Å². The van der Waals surface area contributed by atoms with E-state index in [0.717, 1.165) is 0 Å². The molecule has 0 bridgehead atoms. The zero-order chi connectivity index (χ0) is 19.9. The molecular weight excluding hydrogens is 397 g/mol. The fourth-order valence-electron chi connectivity index (χ4n) is 2.96. The van der Waals surface area contributed by atoms with Gasteiger partial charge in [-0.2, -0.15) is 0 Å². The van der Waals surface area contributed by atoms with Crippen molar-refractivity contribution in [2.75, 3.05) is 31.1 Å². The van der Waals surface area contributed by atoms with E-state index in [1.807, 2.05) is 4.90 Å². The van der Waals surface area contributed by atoms with E-state index in [-0.39, 0.29) is 17.4 Å². The minimum atomic E-state index is -4.73. The first kappa shape index (κ1) is 18.5. The minimum absolute atomic E-state index is 0.185. The molecule has 1 amide bonds. The van der Waals surface area contributed by atoms with Crippen LogP contribution in [0.3, 0.4) is 0 Å². The zero-order valence-electron chi connectivity index (χ0n) is 14.7. The van der Waals surface area contributed by atoms with Crippen molar-refractivity contribution in [1.29, 1.82) is 0 Å². The van der Waals surface area contributed by atoms with Crippen molar-refractivity contribution in [3.05, 3.63) is 35.7 Å². The number of alkyl halides is 3. The first-order valence-corrected chi connectivity index (χ1v) is 9.24. The number of hydrogen-bond acceptors (Lipinski definition) is 7. The van der Waals surface area contributed by atoms with Crippen LogP contribution in [0.25, 0.3) is 10.2 Å². The van der Waals surface area contributed by atoms with Crippen LogP contribution in [0.1, 0.15) is 16.2 Å². The van der Waals surface area contributed by atoms with Crippen LogP contribution in [0.4, 0.5) is 18.3 Å². The summed E-state index contributed by atoms with van der Waals surface area (Å²) in [6.07, 6.45) is -4.73. The Morgan fingerprint density at radius 2 is 1.96 bits per heavy atom. The lowest BCUT2D eigenvalue weighted by Gasteiger charge is -2.34. The molecule has 0 radical (unpaired) electrons. The van der Waals surface area contributed by atoms with E-state index in [1.54, 1.807) is 17.9 Å². The molecule has 3 heterocycles. The standard InChI is InChI=1S/C17H15F3N4O3S/c1-10-8-13(22-27-10)15(25)23-4-6-24(7-5-23)16-21-12-3-2-11(9-14(12)28-16)26-17(18,19)20/h2-3,8-9H,4-7H2,1H3. The quantitative estimate of drug-likeness (QED) is 0.656. The molecule has 7 nitrogen and oxygen atoms in total. The third-order valence-electron chi connectivity index (χ3n) is 4.27. The number of fused-ring (bicyclic) bond motifs is 1. The van der Waals surface area contributed by atoms with E-state index in [0.29, 0.717) is 47.3 Å². The fraction of sp³-hybridized carbons (Fsp3) is 0.353. The van der Waals surface area contributed by atoms with Crippen LogP contribution in [0.5, 0.6) is 5.75 Å². The molecule has 0 aliphatic carbocycles. The van der Waals surface area contributed by atoms with Crippen molar-refractivity contribution < 1.29 is 27.2 Å². The summed E-state index contributed by atoms with van der Waals surface area (Å²) in [5.74, 6) is 0.119. The van der Waals surface area contributed by atoms with Crippen molar-refractivity contribution >= 4 is 32.6 Å². The van der Waals surface area contributed by atoms with Gasteiger partial charge in [0, 0.05) is 38.3 Å². The van der Waals surface area contributed by atoms with Gasteiger partial charge in [0.25, 0.3) is 5.91 Å². The van der Waals surface area contributed by atoms with Gasteiger partial charge in [-0.3, -0.25) is 4.79 Å². The van der Waals surface area contributed by atoms with Crippen molar-refractivity contribution in [2.24, 2.45) is 0 Å². The Kier molecular flexibility index (Phi) is 4.61. The molecule has 0 atom stereocenters. The molecule has 0 saturated carbocycles. The summed E-state index contributed by atoms with van der Waals surface area (Å²) in [5, 5.41) is 4.45. The molecular formula is C17H15F3N4O3S. The number of nitrogens with zero attached hydrogens (tertiary/aromatic N) is 4. The maximum absolute atomic E-state index is 12.4. The summed E-state index contributed by atoms with van der Waals surface area (Å²) in [5.41, 5.74) is 0.884. The number of piperazine rings is 1. The van der Waals surface area contributed by atoms with Crippen molar-refractivity contribution in [3.8, 4) is 5.75 Å². The molecule has 0 N–H and O–H groups in total. The number of aromatic nitrogens is 2. The normalized spacial score (nSPS) is 15.3. The molecule has 2 aromatic heterocycles. The van der Waals surface area contributed by atoms with E-state index < -0.39 is 6.36 Å². The van der Waals surface area contributed by atoms with Gasteiger partial charge < -0.3 is 19.1 Å². The van der Waals surface area contributed by atoms with Crippen LogP contribution in [0.15, 0.2) is 28.8 Å². The molecule has 1 fully saturated rings. The molecule has 28 heavy (non-hydrogen) atoms. The number of benzene rings is 1. The van der Waals surface area contributed by atoms with Crippen LogP contribution >= 0.6 is 11.3 Å². The number of anilines is 1. The van der Waals surface area contributed by atoms with Gasteiger partial charge in [0.05, 0.1) is 10.2 Å². The Morgan fingerprint density at radius 3 is 2.61 bits per heavy atom. The second kappa shape index (κ2) is 6.97. The summed E-state index contributed by atoms with van der Waals surface area (Å²) >= 11 is 1.29. The number of ether oxygens (including phenoxy) is 1. The maximum atomic E-state index is 12.4. The first-order chi connectivity index (χ1) is 13.3. The monoisotopic (exact) mass is 412 g/mol. The Labute approximate surface area is 161 Å². The summed E-state index contributed by atoms with van der Waals surface area (Å²) in [4.78, 5) is 20.6. The van der Waals surface area contributed by atoms with Gasteiger partial charge in [0.15, 0.2) is 10.8 Å². The third-order valence-corrected chi connectivity index (χ3v) is 5.35. The van der Waals surface area contributed by atoms with E-state index in [9.17, 15) is 18.0 Å². The lowest BCUT2D eigenvalue weighted by molar-refractivity contribution is -0.274. The zero-order valence-corrected chi connectivity index (χ0v) is 15.5. The number of halogens is 3. The van der Waals surface area contributed by atoms with Gasteiger partial charge in [-0.15, -0.1) is 13.2 Å². The molecule has 1 aromatic carbocycles. The molecule has 148 valence electrons. The van der Waals surface area contributed by atoms with Gasteiger partial charge in [-0.1, -0.05) is 16.5 Å². The molecule has 4 rings (SSSR count). The van der Waals surface area contributed by atoms with Crippen LogP contribution < -0.4 is 9.64 Å². The van der Waals surface area contributed by atoms with Crippen molar-refractivity contribution in [3.63, 3.8) is 0 Å². The summed E-state index contributed by atoms with van der Waals surface area (Å²) in [7, 11) is 0. The van der Waals surface area contributed by atoms with Gasteiger partial charge in [-0.05, 0) is 19.1 Å². The molecule has 1 aliphatic rings. The molecule has 0 spiro atoms. The summed E-state index contributed by atoms with van der Waals surface area (Å²) < 4.78 is 46.6. The molecule has 0 unspecified atom stereocenters. The van der Waals surface area contributed by atoms with E-state index in [4.69, 9.17) is 4.52 Å². The predicted octanol–water partition coefficient (Wildman–Crippen LogP) is 3.45. The van der Waals surface area contributed by atoms with E-state index in [2.05, 4.69) is 14.9 Å². The predicted molar refractivity (Wildman–Crippen MR) is 95.7 cm³/mol. The van der Waals surface area contributed by atoms with Crippen molar-refractivity contribution in [1.82, 2.24) is 15.0 Å². The number of amides is 1. The lowest BCUT2D eigenvalue weighted by atomic mass is 10.3. The van der Waals surface area contributed by atoms with E-state index >= 15 is 0 Å². The van der Waals surface area contributed by atoms with Crippen molar-refractivity contribution in [2.45, 2.75) is 13.3 Å². The molecule has 3 aromatic rings. The smallest absolute Gasteiger partial charge is 0.406 e. The molecule has 11 heteroatoms. The number of hydrogen-bond donors (Lipinski definition) is 0. The number of thiazole rings is 1. The number of carbonyl (C=O) groups excluding carboxylic acids is 1. The van der Waals surface area contributed by atoms with Crippen LogP contribution in [-0.2, 0) is 0 Å². The van der Waals surface area contributed by atoms with Crippen LogP contribution in [0.2, 0.25) is 0 Å². The third kappa shape index (κ3) is 3.88. The highest BCUT2D eigenvalue weighted by Gasteiger charge is 2.31. The highest BCUT2D eigenvalue weighted by Crippen LogP contribution is 2.33. The lowest BCUT2D eigenvalue weighted by Crippen LogP contribution is -2.48.